The summed E-state index contributed by atoms with van der Waals surface area (Å²) in [5.74, 6) is -1.47. The smallest absolute Gasteiger partial charge is 0.345 e. The summed E-state index contributed by atoms with van der Waals surface area (Å²) < 4.78 is 5.23. The highest BCUT2D eigenvalue weighted by atomic mass is 16.6. The summed E-state index contributed by atoms with van der Waals surface area (Å²) in [5, 5.41) is 9.39. The third kappa shape index (κ3) is 28.4. The van der Waals surface area contributed by atoms with Crippen LogP contribution in [-0.2, 0) is 14.3 Å². The molecular formula is C36H58O4. The number of hydrogen-bond donors (Lipinski definition) is 1. The van der Waals surface area contributed by atoms with Crippen LogP contribution in [0.2, 0.25) is 0 Å². The Morgan fingerprint density at radius 1 is 0.575 bits per heavy atom. The summed E-state index contributed by atoms with van der Waals surface area (Å²) in [6.45, 7) is 4.38. The van der Waals surface area contributed by atoms with Crippen LogP contribution in [0.1, 0.15) is 136 Å². The predicted molar refractivity (Wildman–Crippen MR) is 171 cm³/mol. The Kier molecular flexibility index (Phi) is 28.9. The quantitative estimate of drug-likeness (QED) is 0.0623. The van der Waals surface area contributed by atoms with E-state index >= 15 is 0 Å². The summed E-state index contributed by atoms with van der Waals surface area (Å²) in [4.78, 5) is 23.5. The molecule has 1 unspecified atom stereocenters. The lowest BCUT2D eigenvalue weighted by atomic mass is 10.0. The predicted octanol–water partition coefficient (Wildman–Crippen LogP) is 10.8. The maximum absolute atomic E-state index is 12.1. The van der Waals surface area contributed by atoms with Gasteiger partial charge in [0.15, 0.2) is 6.10 Å². The molecule has 4 heteroatoms. The maximum Gasteiger partial charge on any atom is 0.345 e. The van der Waals surface area contributed by atoms with Crippen molar-refractivity contribution >= 4 is 11.9 Å². The minimum Gasteiger partial charge on any atom is -0.479 e. The molecule has 0 saturated heterocycles. The number of hydrogen-bond acceptors (Lipinski definition) is 3. The monoisotopic (exact) mass is 554 g/mol. The minimum absolute atomic E-state index is 0.212. The fourth-order valence-electron chi connectivity index (χ4n) is 4.11. The van der Waals surface area contributed by atoms with E-state index in [1.54, 1.807) is 0 Å². The van der Waals surface area contributed by atoms with Crippen molar-refractivity contribution in [2.75, 3.05) is 0 Å². The van der Waals surface area contributed by atoms with Gasteiger partial charge in [-0.05, 0) is 57.8 Å². The van der Waals surface area contributed by atoms with Crippen LogP contribution in [0.5, 0.6) is 0 Å². The van der Waals surface area contributed by atoms with Crippen molar-refractivity contribution in [2.24, 2.45) is 0 Å². The Morgan fingerprint density at radius 2 is 0.975 bits per heavy atom. The molecule has 0 aromatic heterocycles. The lowest BCUT2D eigenvalue weighted by Crippen LogP contribution is -2.26. The molecule has 0 fully saturated rings. The Morgan fingerprint density at radius 3 is 1.40 bits per heavy atom. The number of carboxylic acid groups (broad SMARTS) is 1. The fraction of sp³-hybridized carbons (Fsp3) is 0.611. The average Bonchev–Trinajstić information content (AvgIpc) is 2.94. The molecule has 40 heavy (non-hydrogen) atoms. The van der Waals surface area contributed by atoms with E-state index in [0.717, 1.165) is 57.8 Å². The summed E-state index contributed by atoms with van der Waals surface area (Å²) in [7, 11) is 0. The summed E-state index contributed by atoms with van der Waals surface area (Å²) in [5.41, 5.74) is 0. The molecule has 0 saturated carbocycles. The van der Waals surface area contributed by atoms with E-state index in [1.165, 1.54) is 44.9 Å². The molecule has 0 aliphatic heterocycles. The van der Waals surface area contributed by atoms with Gasteiger partial charge in [-0.3, -0.25) is 4.79 Å². The normalized spacial score (nSPS) is 13.2. The Bertz CT molecular complexity index is 770. The molecule has 226 valence electrons. The van der Waals surface area contributed by atoms with Crippen LogP contribution in [0.25, 0.3) is 0 Å². The number of carbonyl (C=O) groups is 2. The van der Waals surface area contributed by atoms with Crippen LogP contribution in [0, 0.1) is 0 Å². The number of esters is 1. The number of unbranched alkanes of at least 4 members (excludes halogenated alkanes) is 9. The Labute approximate surface area is 246 Å². The molecule has 0 spiro atoms. The highest BCUT2D eigenvalue weighted by Gasteiger charge is 2.21. The number of rotatable bonds is 27. The number of allylic oxidation sites excluding steroid dienone is 12. The van der Waals surface area contributed by atoms with Gasteiger partial charge in [-0.25, -0.2) is 4.79 Å². The second kappa shape index (κ2) is 30.9. The molecule has 0 heterocycles. The molecule has 0 aliphatic rings. The van der Waals surface area contributed by atoms with Gasteiger partial charge in [-0.15, -0.1) is 0 Å². The van der Waals surface area contributed by atoms with E-state index in [9.17, 15) is 14.7 Å². The minimum atomic E-state index is -1.04. The first-order chi connectivity index (χ1) is 19.6. The van der Waals surface area contributed by atoms with Crippen LogP contribution in [0.4, 0.5) is 0 Å². The van der Waals surface area contributed by atoms with Crippen molar-refractivity contribution in [3.63, 3.8) is 0 Å². The number of carbonyl (C=O) groups excluding carboxylic acids is 1. The van der Waals surface area contributed by atoms with Gasteiger partial charge in [-0.1, -0.05) is 145 Å². The molecule has 1 N–H and O–H groups in total. The average molecular weight is 555 g/mol. The molecule has 0 aliphatic carbocycles. The van der Waals surface area contributed by atoms with Crippen molar-refractivity contribution < 1.29 is 19.4 Å². The van der Waals surface area contributed by atoms with E-state index in [4.69, 9.17) is 4.74 Å². The molecular weight excluding hydrogens is 496 g/mol. The van der Waals surface area contributed by atoms with Crippen molar-refractivity contribution in [3.8, 4) is 0 Å². The van der Waals surface area contributed by atoms with Crippen molar-refractivity contribution in [1.29, 1.82) is 0 Å². The highest BCUT2D eigenvalue weighted by molar-refractivity contribution is 5.78. The first-order valence-corrected chi connectivity index (χ1v) is 15.9. The standard InChI is InChI=1S/C36H58O4/c1-3-5-7-9-11-13-15-16-17-18-19-20-21-22-23-25-27-29-31-33-35(37)40-34(36(38)39)32-30-28-26-24-14-12-10-8-6-4-2/h5,7,11,13,16-17,19-20,22-23,27,29,34H,3-4,6,8-10,12,14-15,18,21,24-26,28,30-33H2,1-2H3,(H,38,39)/b7-5-,13-11-,17-16-,20-19-,23-22-,29-27-. The van der Waals surface area contributed by atoms with Gasteiger partial charge < -0.3 is 9.84 Å². The van der Waals surface area contributed by atoms with Crippen molar-refractivity contribution in [3.05, 3.63) is 72.9 Å². The van der Waals surface area contributed by atoms with Crippen molar-refractivity contribution in [1.82, 2.24) is 0 Å². The van der Waals surface area contributed by atoms with Gasteiger partial charge in [0.05, 0.1) is 0 Å². The first kappa shape index (κ1) is 37.4. The van der Waals surface area contributed by atoms with Crippen LogP contribution < -0.4 is 0 Å². The van der Waals surface area contributed by atoms with Crippen LogP contribution in [0.3, 0.4) is 0 Å². The number of carboxylic acids is 1. The van der Waals surface area contributed by atoms with Gasteiger partial charge in [-0.2, -0.15) is 0 Å². The number of aliphatic carboxylic acids is 1. The summed E-state index contributed by atoms with van der Waals surface area (Å²) in [6.07, 6.45) is 43.6. The lowest BCUT2D eigenvalue weighted by molar-refractivity contribution is -0.164. The zero-order valence-corrected chi connectivity index (χ0v) is 25.6. The molecule has 0 rings (SSSR count). The molecule has 0 aromatic carbocycles. The Balaban J connectivity index is 3.81. The fourth-order valence-corrected chi connectivity index (χ4v) is 4.11. The van der Waals surface area contributed by atoms with Gasteiger partial charge in [0, 0.05) is 6.42 Å². The maximum atomic E-state index is 12.1. The Hall–Kier alpha value is -2.62. The third-order valence-electron chi connectivity index (χ3n) is 6.48. The lowest BCUT2D eigenvalue weighted by Gasteiger charge is -2.13. The van der Waals surface area contributed by atoms with Crippen LogP contribution >= 0.6 is 0 Å². The molecule has 4 nitrogen and oxygen atoms in total. The van der Waals surface area contributed by atoms with E-state index in [0.29, 0.717) is 12.8 Å². The molecule has 0 bridgehead atoms. The van der Waals surface area contributed by atoms with Gasteiger partial charge in [0.2, 0.25) is 0 Å². The molecule has 0 aromatic rings. The second-order valence-electron chi connectivity index (χ2n) is 10.2. The SMILES string of the molecule is CC/C=C\C/C=C\C/C=C\C/C=C\C/C=C\C/C=C\CCC(=O)OC(CCCCCCCCCCCC)C(=O)O. The van der Waals surface area contributed by atoms with Gasteiger partial charge in [0.1, 0.15) is 0 Å². The van der Waals surface area contributed by atoms with Crippen molar-refractivity contribution in [2.45, 2.75) is 142 Å². The molecule has 1 atom stereocenters. The van der Waals surface area contributed by atoms with E-state index in [1.807, 2.05) is 12.2 Å². The largest absolute Gasteiger partial charge is 0.479 e. The molecule has 0 radical (unpaired) electrons. The van der Waals surface area contributed by atoms with E-state index in [-0.39, 0.29) is 6.42 Å². The zero-order valence-electron chi connectivity index (χ0n) is 25.6. The second-order valence-corrected chi connectivity index (χ2v) is 10.2. The summed E-state index contributed by atoms with van der Waals surface area (Å²) >= 11 is 0. The zero-order chi connectivity index (χ0) is 29.4. The van der Waals surface area contributed by atoms with Crippen LogP contribution in [0.15, 0.2) is 72.9 Å². The highest BCUT2D eigenvalue weighted by Crippen LogP contribution is 2.14. The van der Waals surface area contributed by atoms with E-state index < -0.39 is 18.0 Å². The first-order valence-electron chi connectivity index (χ1n) is 15.9. The molecule has 0 amide bonds. The third-order valence-corrected chi connectivity index (χ3v) is 6.48. The van der Waals surface area contributed by atoms with Gasteiger partial charge in [0.25, 0.3) is 0 Å². The number of ether oxygens (including phenoxy) is 1. The van der Waals surface area contributed by atoms with Crippen LogP contribution in [-0.4, -0.2) is 23.1 Å². The van der Waals surface area contributed by atoms with E-state index in [2.05, 4.69) is 74.6 Å². The topological polar surface area (TPSA) is 63.6 Å². The van der Waals surface area contributed by atoms with Gasteiger partial charge >= 0.3 is 11.9 Å². The summed E-state index contributed by atoms with van der Waals surface area (Å²) in [6, 6.07) is 0.